The Kier molecular flexibility index (Phi) is 4.20. The third kappa shape index (κ3) is 2.95. The van der Waals surface area contributed by atoms with Gasteiger partial charge in [-0.25, -0.2) is 0 Å². The monoisotopic (exact) mass is 262 g/mol. The van der Waals surface area contributed by atoms with Crippen molar-refractivity contribution in [1.29, 1.82) is 0 Å². The second-order valence-electron chi connectivity index (χ2n) is 5.75. The molecule has 4 heteroatoms. The fourth-order valence-corrected chi connectivity index (χ4v) is 2.83. The average Bonchev–Trinajstić information content (AvgIpc) is 2.83. The molecule has 0 radical (unpaired) electrons. The summed E-state index contributed by atoms with van der Waals surface area (Å²) < 4.78 is 0. The molecule has 1 aliphatic rings. The Morgan fingerprint density at radius 2 is 2.37 bits per heavy atom. The number of carbonyl (C=O) groups is 1. The number of aromatic nitrogens is 1. The predicted molar refractivity (Wildman–Crippen MR) is 73.9 cm³/mol. The highest BCUT2D eigenvalue weighted by Crippen LogP contribution is 2.38. The Hall–Kier alpha value is -1.42. The molecule has 1 aromatic heterocycles. The minimum atomic E-state index is -0.647. The topological polar surface area (TPSA) is 53.4 Å². The lowest BCUT2D eigenvalue weighted by Crippen LogP contribution is -2.39. The van der Waals surface area contributed by atoms with E-state index < -0.39 is 11.4 Å². The van der Waals surface area contributed by atoms with Gasteiger partial charge in [-0.2, -0.15) is 0 Å². The summed E-state index contributed by atoms with van der Waals surface area (Å²) in [6.45, 7) is 6.48. The fourth-order valence-electron chi connectivity index (χ4n) is 2.83. The predicted octanol–water partition coefficient (Wildman–Crippen LogP) is 2.06. The molecular weight excluding hydrogens is 240 g/mol. The van der Waals surface area contributed by atoms with Crippen molar-refractivity contribution in [2.24, 2.45) is 11.3 Å². The van der Waals surface area contributed by atoms with Crippen molar-refractivity contribution in [2.75, 3.05) is 19.6 Å². The van der Waals surface area contributed by atoms with Gasteiger partial charge in [0.05, 0.1) is 5.41 Å². The van der Waals surface area contributed by atoms with E-state index in [4.69, 9.17) is 0 Å². The lowest BCUT2D eigenvalue weighted by atomic mass is 9.76. The molecule has 2 rings (SSSR count). The van der Waals surface area contributed by atoms with Crippen molar-refractivity contribution in [3.63, 3.8) is 0 Å². The maximum absolute atomic E-state index is 11.5. The minimum Gasteiger partial charge on any atom is -0.481 e. The van der Waals surface area contributed by atoms with Crippen LogP contribution in [0.5, 0.6) is 0 Å². The second-order valence-corrected chi connectivity index (χ2v) is 5.75. The molecule has 1 atom stereocenters. The molecule has 4 nitrogen and oxygen atoms in total. The number of pyridine rings is 1. The van der Waals surface area contributed by atoms with Crippen molar-refractivity contribution >= 4 is 5.97 Å². The first-order valence-electron chi connectivity index (χ1n) is 6.89. The number of carboxylic acid groups (broad SMARTS) is 1. The summed E-state index contributed by atoms with van der Waals surface area (Å²) in [4.78, 5) is 17.9. The Balaban J connectivity index is 1.93. The molecule has 2 heterocycles. The Labute approximate surface area is 114 Å². The van der Waals surface area contributed by atoms with E-state index in [1.54, 1.807) is 6.20 Å². The van der Waals surface area contributed by atoms with Crippen LogP contribution in [0.4, 0.5) is 0 Å². The Bertz CT molecular complexity index is 433. The number of rotatable bonds is 5. The van der Waals surface area contributed by atoms with Crippen LogP contribution >= 0.6 is 0 Å². The van der Waals surface area contributed by atoms with Crippen molar-refractivity contribution in [1.82, 2.24) is 9.88 Å². The van der Waals surface area contributed by atoms with Crippen molar-refractivity contribution < 1.29 is 9.90 Å². The summed E-state index contributed by atoms with van der Waals surface area (Å²) in [5.41, 5.74) is 0.648. The Morgan fingerprint density at radius 1 is 1.58 bits per heavy atom. The molecule has 1 unspecified atom stereocenters. The van der Waals surface area contributed by atoms with Gasteiger partial charge in [-0.15, -0.1) is 0 Å². The average molecular weight is 262 g/mol. The first-order chi connectivity index (χ1) is 9.04. The molecule has 0 amide bonds. The van der Waals surface area contributed by atoms with Crippen LogP contribution in [-0.2, 0) is 11.2 Å². The lowest BCUT2D eigenvalue weighted by Gasteiger charge is -2.28. The molecule has 0 spiro atoms. The molecule has 104 valence electrons. The third-order valence-corrected chi connectivity index (χ3v) is 4.35. The van der Waals surface area contributed by atoms with E-state index in [1.807, 2.05) is 26.1 Å². The summed E-state index contributed by atoms with van der Waals surface area (Å²) in [7, 11) is 0. The SMILES string of the molecule is CC(C)C1(C(=O)O)CCN(CCc2cccnc2)C1. The molecule has 0 saturated carbocycles. The molecule has 1 aromatic rings. The van der Waals surface area contributed by atoms with Crippen LogP contribution in [0.2, 0.25) is 0 Å². The molecule has 1 N–H and O–H groups in total. The minimum absolute atomic E-state index is 0.174. The van der Waals surface area contributed by atoms with Crippen molar-refractivity contribution in [3.8, 4) is 0 Å². The van der Waals surface area contributed by atoms with Crippen molar-refractivity contribution in [2.45, 2.75) is 26.7 Å². The summed E-state index contributed by atoms with van der Waals surface area (Å²) in [6, 6.07) is 4.00. The van der Waals surface area contributed by atoms with Gasteiger partial charge in [0.25, 0.3) is 0 Å². The molecule has 0 aromatic carbocycles. The van der Waals surface area contributed by atoms with Crippen LogP contribution in [0.15, 0.2) is 24.5 Å². The van der Waals surface area contributed by atoms with E-state index in [1.165, 1.54) is 5.56 Å². The van der Waals surface area contributed by atoms with Crippen molar-refractivity contribution in [3.05, 3.63) is 30.1 Å². The van der Waals surface area contributed by atoms with Gasteiger partial charge in [0.1, 0.15) is 0 Å². The Morgan fingerprint density at radius 3 is 2.89 bits per heavy atom. The standard InChI is InChI=1S/C15H22N2O2/c1-12(2)15(14(18)19)6-9-17(11-15)8-5-13-4-3-7-16-10-13/h3-4,7,10,12H,5-6,8-9,11H2,1-2H3,(H,18,19). The number of hydrogen-bond acceptors (Lipinski definition) is 3. The van der Waals surface area contributed by atoms with Crippen LogP contribution < -0.4 is 0 Å². The molecule has 0 bridgehead atoms. The van der Waals surface area contributed by atoms with E-state index >= 15 is 0 Å². The third-order valence-electron chi connectivity index (χ3n) is 4.35. The molecule has 1 fully saturated rings. The van der Waals surface area contributed by atoms with Gasteiger partial charge in [-0.1, -0.05) is 19.9 Å². The number of carboxylic acids is 1. The highest BCUT2D eigenvalue weighted by molar-refractivity contribution is 5.75. The summed E-state index contributed by atoms with van der Waals surface area (Å²) in [5, 5.41) is 9.50. The largest absolute Gasteiger partial charge is 0.481 e. The van der Waals surface area contributed by atoms with E-state index in [-0.39, 0.29) is 5.92 Å². The summed E-state index contributed by atoms with van der Waals surface area (Å²) in [6.07, 6.45) is 5.34. The maximum Gasteiger partial charge on any atom is 0.311 e. The summed E-state index contributed by atoms with van der Waals surface area (Å²) >= 11 is 0. The normalized spacial score (nSPS) is 23.9. The zero-order valence-electron chi connectivity index (χ0n) is 11.7. The smallest absolute Gasteiger partial charge is 0.311 e. The van der Waals surface area contributed by atoms with Gasteiger partial charge in [0.15, 0.2) is 0 Å². The molecule has 1 saturated heterocycles. The van der Waals surface area contributed by atoms with Crippen LogP contribution in [0.25, 0.3) is 0 Å². The lowest BCUT2D eigenvalue weighted by molar-refractivity contribution is -0.151. The molecular formula is C15H22N2O2. The van der Waals surface area contributed by atoms with E-state index in [2.05, 4.69) is 16.0 Å². The van der Waals surface area contributed by atoms with Gasteiger partial charge >= 0.3 is 5.97 Å². The number of nitrogens with zero attached hydrogens (tertiary/aromatic N) is 2. The van der Waals surface area contributed by atoms with E-state index in [9.17, 15) is 9.90 Å². The first kappa shape index (κ1) is 14.0. The first-order valence-corrected chi connectivity index (χ1v) is 6.89. The maximum atomic E-state index is 11.5. The van der Waals surface area contributed by atoms with Crippen LogP contribution in [0.1, 0.15) is 25.8 Å². The zero-order chi connectivity index (χ0) is 13.9. The van der Waals surface area contributed by atoms with Gasteiger partial charge in [-0.3, -0.25) is 9.78 Å². The van der Waals surface area contributed by atoms with Crippen LogP contribution in [0.3, 0.4) is 0 Å². The fraction of sp³-hybridized carbons (Fsp3) is 0.600. The number of hydrogen-bond donors (Lipinski definition) is 1. The van der Waals surface area contributed by atoms with Gasteiger partial charge in [0, 0.05) is 25.5 Å². The highest BCUT2D eigenvalue weighted by Gasteiger charge is 2.46. The summed E-state index contributed by atoms with van der Waals surface area (Å²) in [5.74, 6) is -0.472. The quantitative estimate of drug-likeness (QED) is 0.882. The van der Waals surface area contributed by atoms with E-state index in [0.29, 0.717) is 6.54 Å². The van der Waals surface area contributed by atoms with Gasteiger partial charge < -0.3 is 10.0 Å². The van der Waals surface area contributed by atoms with Crippen LogP contribution in [0, 0.1) is 11.3 Å². The zero-order valence-corrected chi connectivity index (χ0v) is 11.7. The van der Waals surface area contributed by atoms with Gasteiger partial charge in [-0.05, 0) is 36.9 Å². The molecule has 0 aliphatic carbocycles. The number of aliphatic carboxylic acids is 1. The highest BCUT2D eigenvalue weighted by atomic mass is 16.4. The van der Waals surface area contributed by atoms with E-state index in [0.717, 1.165) is 25.9 Å². The number of likely N-dealkylation sites (tertiary alicyclic amines) is 1. The second kappa shape index (κ2) is 5.70. The molecule has 1 aliphatic heterocycles. The van der Waals surface area contributed by atoms with Gasteiger partial charge in [0.2, 0.25) is 0 Å². The molecule has 19 heavy (non-hydrogen) atoms. The van der Waals surface area contributed by atoms with Crippen LogP contribution in [-0.4, -0.2) is 40.6 Å².